The molecule has 0 bridgehead atoms. The average Bonchev–Trinajstić information content (AvgIpc) is 2.43. The van der Waals surface area contributed by atoms with Crippen LogP contribution in [0.25, 0.3) is 0 Å². The van der Waals surface area contributed by atoms with Gasteiger partial charge in [0.25, 0.3) is 11.6 Å². The lowest BCUT2D eigenvalue weighted by Crippen LogP contribution is -2.40. The van der Waals surface area contributed by atoms with Crippen LogP contribution < -0.4 is 16.6 Å². The van der Waals surface area contributed by atoms with Crippen molar-refractivity contribution in [1.29, 1.82) is 0 Å². The molecule has 8 nitrogen and oxygen atoms in total. The number of nitro benzene ring substituents is 1. The van der Waals surface area contributed by atoms with Crippen molar-refractivity contribution in [3.8, 4) is 0 Å². The van der Waals surface area contributed by atoms with Gasteiger partial charge in [-0.2, -0.15) is 0 Å². The summed E-state index contributed by atoms with van der Waals surface area (Å²) in [5.41, 5.74) is 1.49. The van der Waals surface area contributed by atoms with Gasteiger partial charge in [-0.15, -0.1) is 0 Å². The highest BCUT2D eigenvalue weighted by Gasteiger charge is 2.23. The Morgan fingerprint density at radius 3 is 2.65 bits per heavy atom. The minimum absolute atomic E-state index is 0.0229. The Hall–Kier alpha value is -2.19. The third-order valence-electron chi connectivity index (χ3n) is 2.86. The molecule has 0 radical (unpaired) electrons. The maximum atomic E-state index is 12.1. The van der Waals surface area contributed by atoms with E-state index in [0.29, 0.717) is 0 Å². The lowest BCUT2D eigenvalue weighted by atomic mass is 10.1. The number of ether oxygens (including phenoxy) is 1. The highest BCUT2D eigenvalue weighted by atomic mass is 16.6. The van der Waals surface area contributed by atoms with Crippen molar-refractivity contribution in [3.05, 3.63) is 33.9 Å². The van der Waals surface area contributed by atoms with Crippen LogP contribution in [0.3, 0.4) is 0 Å². The summed E-state index contributed by atoms with van der Waals surface area (Å²) >= 11 is 0. The first-order chi connectivity index (χ1) is 9.32. The number of carbonyl (C=O) groups excluding carboxylic acids is 1. The van der Waals surface area contributed by atoms with Crippen molar-refractivity contribution >= 4 is 17.3 Å². The maximum Gasteiger partial charge on any atom is 0.294 e. The predicted molar refractivity (Wildman–Crippen MR) is 74.3 cm³/mol. The first-order valence-corrected chi connectivity index (χ1v) is 5.90. The SMILES string of the molecule is COC(C)(C)CNC(=O)c1cccc([N+](=O)[O-])c1NN. The quantitative estimate of drug-likeness (QED) is 0.407. The van der Waals surface area contributed by atoms with Gasteiger partial charge in [0.15, 0.2) is 0 Å². The van der Waals surface area contributed by atoms with Gasteiger partial charge in [-0.1, -0.05) is 6.07 Å². The fraction of sp³-hybridized carbons (Fsp3) is 0.417. The number of amides is 1. The minimum Gasteiger partial charge on any atom is -0.377 e. The zero-order chi connectivity index (χ0) is 15.3. The molecule has 0 unspecified atom stereocenters. The zero-order valence-electron chi connectivity index (χ0n) is 11.6. The molecule has 1 amide bonds. The number of nitro groups is 1. The van der Waals surface area contributed by atoms with Crippen LogP contribution in [-0.4, -0.2) is 30.1 Å². The van der Waals surface area contributed by atoms with Crippen molar-refractivity contribution in [2.75, 3.05) is 19.1 Å². The number of nitrogen functional groups attached to an aromatic ring is 1. The number of hydrogen-bond acceptors (Lipinski definition) is 6. The number of anilines is 1. The molecule has 1 rings (SSSR count). The molecule has 0 heterocycles. The van der Waals surface area contributed by atoms with Crippen molar-refractivity contribution in [2.24, 2.45) is 5.84 Å². The van der Waals surface area contributed by atoms with Gasteiger partial charge >= 0.3 is 0 Å². The molecule has 4 N–H and O–H groups in total. The van der Waals surface area contributed by atoms with Gasteiger partial charge in [0, 0.05) is 19.7 Å². The number of para-hydroxylation sites is 1. The molecule has 1 aromatic rings. The molecule has 1 aromatic carbocycles. The summed E-state index contributed by atoms with van der Waals surface area (Å²) in [7, 11) is 1.53. The van der Waals surface area contributed by atoms with E-state index in [4.69, 9.17) is 10.6 Å². The van der Waals surface area contributed by atoms with Crippen LogP contribution in [0.1, 0.15) is 24.2 Å². The number of carbonyl (C=O) groups is 1. The van der Waals surface area contributed by atoms with Gasteiger partial charge in [0.2, 0.25) is 0 Å². The Bertz CT molecular complexity index is 516. The van der Waals surface area contributed by atoms with E-state index >= 15 is 0 Å². The number of nitrogens with two attached hydrogens (primary N) is 1. The van der Waals surface area contributed by atoms with E-state index in [-0.39, 0.29) is 23.5 Å². The van der Waals surface area contributed by atoms with Crippen molar-refractivity contribution in [1.82, 2.24) is 5.32 Å². The molecule has 110 valence electrons. The lowest BCUT2D eigenvalue weighted by Gasteiger charge is -2.23. The van der Waals surface area contributed by atoms with E-state index in [0.717, 1.165) is 0 Å². The molecule has 0 aromatic heterocycles. The number of rotatable bonds is 6. The van der Waals surface area contributed by atoms with Crippen LogP contribution in [-0.2, 0) is 4.74 Å². The maximum absolute atomic E-state index is 12.1. The summed E-state index contributed by atoms with van der Waals surface area (Å²) in [6.07, 6.45) is 0. The summed E-state index contributed by atoms with van der Waals surface area (Å²) in [5, 5.41) is 13.5. The van der Waals surface area contributed by atoms with Crippen molar-refractivity contribution in [3.63, 3.8) is 0 Å². The molecule has 8 heteroatoms. The number of hydrogen-bond donors (Lipinski definition) is 3. The summed E-state index contributed by atoms with van der Waals surface area (Å²) in [6, 6.07) is 4.15. The normalized spacial score (nSPS) is 11.0. The Kier molecular flexibility index (Phi) is 5.00. The van der Waals surface area contributed by atoms with Crippen molar-refractivity contribution < 1.29 is 14.5 Å². The molecule has 0 aliphatic carbocycles. The molecule has 0 aliphatic heterocycles. The van der Waals surface area contributed by atoms with Gasteiger partial charge in [0.05, 0.1) is 16.1 Å². The smallest absolute Gasteiger partial charge is 0.294 e. The zero-order valence-corrected chi connectivity index (χ0v) is 11.6. The molecule has 0 saturated heterocycles. The monoisotopic (exact) mass is 282 g/mol. The highest BCUT2D eigenvalue weighted by molar-refractivity contribution is 6.01. The van der Waals surface area contributed by atoms with Crippen molar-refractivity contribution in [2.45, 2.75) is 19.4 Å². The first-order valence-electron chi connectivity index (χ1n) is 5.90. The molecule has 0 saturated carbocycles. The predicted octanol–water partition coefficient (Wildman–Crippen LogP) is 1.04. The van der Waals surface area contributed by atoms with E-state index in [2.05, 4.69) is 10.7 Å². The molecular weight excluding hydrogens is 264 g/mol. The third kappa shape index (κ3) is 3.65. The average molecular weight is 282 g/mol. The number of hydrazine groups is 1. The molecule has 20 heavy (non-hydrogen) atoms. The number of benzene rings is 1. The van der Waals surface area contributed by atoms with Crippen LogP contribution in [0.2, 0.25) is 0 Å². The minimum atomic E-state index is -0.606. The van der Waals surface area contributed by atoms with Gasteiger partial charge in [0.1, 0.15) is 5.69 Å². The second-order valence-corrected chi connectivity index (χ2v) is 4.75. The van der Waals surface area contributed by atoms with E-state index < -0.39 is 16.4 Å². The topological polar surface area (TPSA) is 120 Å². The summed E-state index contributed by atoms with van der Waals surface area (Å²) < 4.78 is 5.18. The Morgan fingerprint density at radius 1 is 1.50 bits per heavy atom. The first kappa shape index (κ1) is 15.9. The second-order valence-electron chi connectivity index (χ2n) is 4.75. The van der Waals surface area contributed by atoms with Gasteiger partial charge in [-0.3, -0.25) is 20.8 Å². The van der Waals surface area contributed by atoms with Crippen LogP contribution in [0.5, 0.6) is 0 Å². The third-order valence-corrected chi connectivity index (χ3v) is 2.86. The number of methoxy groups -OCH3 is 1. The fourth-order valence-electron chi connectivity index (χ4n) is 1.49. The standard InChI is InChI=1S/C12H18N4O4/c1-12(2,20-3)7-14-11(17)8-5-4-6-9(16(18)19)10(8)15-13/h4-6,15H,7,13H2,1-3H3,(H,14,17). The van der Waals surface area contributed by atoms with E-state index in [1.807, 2.05) is 13.8 Å². The largest absolute Gasteiger partial charge is 0.377 e. The molecular formula is C12H18N4O4. The second kappa shape index (κ2) is 6.31. The fourth-order valence-corrected chi connectivity index (χ4v) is 1.49. The van der Waals surface area contributed by atoms with Gasteiger partial charge in [-0.05, 0) is 19.9 Å². The van der Waals surface area contributed by atoms with Crippen LogP contribution in [0, 0.1) is 10.1 Å². The van der Waals surface area contributed by atoms with E-state index in [9.17, 15) is 14.9 Å². The van der Waals surface area contributed by atoms with E-state index in [1.165, 1.54) is 25.3 Å². The molecule has 0 atom stereocenters. The summed E-state index contributed by atoms with van der Waals surface area (Å²) in [6.45, 7) is 3.88. The molecule has 0 fully saturated rings. The van der Waals surface area contributed by atoms with E-state index in [1.54, 1.807) is 0 Å². The number of nitrogens with one attached hydrogen (secondary N) is 2. The van der Waals surface area contributed by atoms with Crippen LogP contribution in [0.15, 0.2) is 18.2 Å². The van der Waals surface area contributed by atoms with Crippen LogP contribution in [0.4, 0.5) is 11.4 Å². The number of nitrogens with zero attached hydrogens (tertiary/aromatic N) is 1. The summed E-state index contributed by atoms with van der Waals surface area (Å²) in [5.74, 6) is 4.81. The highest BCUT2D eigenvalue weighted by Crippen LogP contribution is 2.27. The summed E-state index contributed by atoms with van der Waals surface area (Å²) in [4.78, 5) is 22.3. The Balaban J connectivity index is 2.99. The van der Waals surface area contributed by atoms with Crippen LogP contribution >= 0.6 is 0 Å². The van der Waals surface area contributed by atoms with Gasteiger partial charge < -0.3 is 15.5 Å². The Labute approximate surface area is 116 Å². The Morgan fingerprint density at radius 2 is 2.15 bits per heavy atom. The van der Waals surface area contributed by atoms with Gasteiger partial charge in [-0.25, -0.2) is 0 Å². The lowest BCUT2D eigenvalue weighted by molar-refractivity contribution is -0.384. The molecule has 0 spiro atoms. The molecule has 0 aliphatic rings.